The van der Waals surface area contributed by atoms with E-state index < -0.39 is 11.4 Å². The summed E-state index contributed by atoms with van der Waals surface area (Å²) in [6.07, 6.45) is 9.21. The summed E-state index contributed by atoms with van der Waals surface area (Å²) in [6.45, 7) is 2.96. The monoisotopic (exact) mass is 256 g/mol. The number of ether oxygens (including phenoxy) is 1. The number of carboxylic acid groups (broad SMARTS) is 1. The molecule has 0 aromatic rings. The van der Waals surface area contributed by atoms with Gasteiger partial charge in [0.25, 0.3) is 0 Å². The van der Waals surface area contributed by atoms with E-state index in [1.807, 2.05) is 0 Å². The minimum Gasteiger partial charge on any atom is -0.481 e. The second-order valence-electron chi connectivity index (χ2n) is 5.77. The van der Waals surface area contributed by atoms with E-state index in [1.165, 1.54) is 12.8 Å². The summed E-state index contributed by atoms with van der Waals surface area (Å²) in [5, 5.41) is 9.53. The average Bonchev–Trinajstić information content (AvgIpc) is 2.37. The lowest BCUT2D eigenvalue weighted by Gasteiger charge is -2.37. The first-order valence-electron chi connectivity index (χ1n) is 7.37. The fraction of sp³-hybridized carbons (Fsp3) is 0.933. The quantitative estimate of drug-likeness (QED) is 0.671. The smallest absolute Gasteiger partial charge is 0.309 e. The van der Waals surface area contributed by atoms with Gasteiger partial charge in [-0.3, -0.25) is 4.79 Å². The molecule has 0 atom stereocenters. The van der Waals surface area contributed by atoms with E-state index in [2.05, 4.69) is 6.92 Å². The van der Waals surface area contributed by atoms with Crippen molar-refractivity contribution in [3.8, 4) is 0 Å². The number of hydrogen-bond donors (Lipinski definition) is 1. The van der Waals surface area contributed by atoms with Gasteiger partial charge in [-0.05, 0) is 44.4 Å². The standard InChI is InChI=1S/C15H28O3/c1-3-6-13-7-10-15(11-8-13,14(16)17)9-4-5-12-18-2/h13H,3-12H2,1-2H3,(H,16,17). The van der Waals surface area contributed by atoms with Crippen LogP contribution in [0.3, 0.4) is 0 Å². The molecule has 0 aromatic carbocycles. The Morgan fingerprint density at radius 2 is 2.00 bits per heavy atom. The highest BCUT2D eigenvalue weighted by molar-refractivity contribution is 5.74. The predicted molar refractivity (Wildman–Crippen MR) is 72.7 cm³/mol. The summed E-state index contributed by atoms with van der Waals surface area (Å²) in [5.74, 6) is 0.191. The lowest BCUT2D eigenvalue weighted by Crippen LogP contribution is -2.35. The molecule has 0 heterocycles. The SMILES string of the molecule is CCCC1CCC(CCCCOC)(C(=O)O)CC1. The van der Waals surface area contributed by atoms with Crippen molar-refractivity contribution >= 4 is 5.97 Å². The van der Waals surface area contributed by atoms with Gasteiger partial charge in [-0.2, -0.15) is 0 Å². The third-order valence-corrected chi connectivity index (χ3v) is 4.47. The summed E-state index contributed by atoms with van der Waals surface area (Å²) in [5.41, 5.74) is -0.433. The van der Waals surface area contributed by atoms with Crippen molar-refractivity contribution in [2.75, 3.05) is 13.7 Å². The van der Waals surface area contributed by atoms with Gasteiger partial charge < -0.3 is 9.84 Å². The molecule has 0 spiro atoms. The maximum Gasteiger partial charge on any atom is 0.309 e. The second kappa shape index (κ2) is 7.78. The van der Waals surface area contributed by atoms with Crippen molar-refractivity contribution in [2.24, 2.45) is 11.3 Å². The minimum atomic E-state index is -0.574. The normalized spacial score (nSPS) is 28.2. The van der Waals surface area contributed by atoms with Crippen molar-refractivity contribution < 1.29 is 14.6 Å². The highest BCUT2D eigenvalue weighted by Crippen LogP contribution is 2.44. The average molecular weight is 256 g/mol. The molecule has 3 heteroatoms. The molecule has 1 N–H and O–H groups in total. The van der Waals surface area contributed by atoms with Crippen molar-refractivity contribution in [3.63, 3.8) is 0 Å². The van der Waals surface area contributed by atoms with Gasteiger partial charge in [-0.25, -0.2) is 0 Å². The fourth-order valence-electron chi connectivity index (χ4n) is 3.21. The zero-order valence-electron chi connectivity index (χ0n) is 11.9. The van der Waals surface area contributed by atoms with Crippen molar-refractivity contribution in [3.05, 3.63) is 0 Å². The van der Waals surface area contributed by atoms with Gasteiger partial charge in [0.2, 0.25) is 0 Å². The first-order valence-corrected chi connectivity index (χ1v) is 7.37. The Kier molecular flexibility index (Phi) is 6.69. The molecule has 0 amide bonds. The van der Waals surface area contributed by atoms with Gasteiger partial charge in [0.05, 0.1) is 5.41 Å². The summed E-state index contributed by atoms with van der Waals surface area (Å²) < 4.78 is 5.03. The van der Waals surface area contributed by atoms with Gasteiger partial charge in [0.1, 0.15) is 0 Å². The Morgan fingerprint density at radius 3 is 2.50 bits per heavy atom. The van der Waals surface area contributed by atoms with Crippen LogP contribution in [0.2, 0.25) is 0 Å². The highest BCUT2D eigenvalue weighted by Gasteiger charge is 2.40. The predicted octanol–water partition coefficient (Wildman–Crippen LogP) is 3.86. The van der Waals surface area contributed by atoms with E-state index in [9.17, 15) is 9.90 Å². The molecular formula is C15H28O3. The Hall–Kier alpha value is -0.570. The molecule has 1 aliphatic rings. The molecule has 0 bridgehead atoms. The van der Waals surface area contributed by atoms with E-state index in [4.69, 9.17) is 4.74 Å². The number of aliphatic carboxylic acids is 1. The number of rotatable bonds is 8. The Labute approximate surface area is 111 Å². The molecular weight excluding hydrogens is 228 g/mol. The van der Waals surface area contributed by atoms with Crippen LogP contribution in [0.25, 0.3) is 0 Å². The van der Waals surface area contributed by atoms with E-state index >= 15 is 0 Å². The summed E-state index contributed by atoms with van der Waals surface area (Å²) >= 11 is 0. The molecule has 0 radical (unpaired) electrons. The Balaban J connectivity index is 2.43. The molecule has 1 fully saturated rings. The lowest BCUT2D eigenvalue weighted by atomic mass is 9.67. The molecule has 1 rings (SSSR count). The number of hydrogen-bond acceptors (Lipinski definition) is 2. The van der Waals surface area contributed by atoms with Gasteiger partial charge >= 0.3 is 5.97 Å². The molecule has 3 nitrogen and oxygen atoms in total. The number of methoxy groups -OCH3 is 1. The van der Waals surface area contributed by atoms with Crippen LogP contribution in [0.4, 0.5) is 0 Å². The molecule has 0 saturated heterocycles. The zero-order valence-corrected chi connectivity index (χ0v) is 11.9. The third-order valence-electron chi connectivity index (χ3n) is 4.47. The van der Waals surface area contributed by atoms with Crippen LogP contribution in [0.15, 0.2) is 0 Å². The first kappa shape index (κ1) is 15.5. The van der Waals surface area contributed by atoms with Crippen molar-refractivity contribution in [1.29, 1.82) is 0 Å². The van der Waals surface area contributed by atoms with Crippen LogP contribution in [0.5, 0.6) is 0 Å². The van der Waals surface area contributed by atoms with Crippen LogP contribution < -0.4 is 0 Å². The van der Waals surface area contributed by atoms with Crippen LogP contribution >= 0.6 is 0 Å². The lowest BCUT2D eigenvalue weighted by molar-refractivity contribution is -0.152. The van der Waals surface area contributed by atoms with Crippen LogP contribution in [-0.4, -0.2) is 24.8 Å². The third kappa shape index (κ3) is 4.27. The molecule has 0 aromatic heterocycles. The maximum absolute atomic E-state index is 11.6. The fourth-order valence-corrected chi connectivity index (χ4v) is 3.21. The van der Waals surface area contributed by atoms with E-state index in [0.717, 1.165) is 57.5 Å². The van der Waals surface area contributed by atoms with E-state index in [-0.39, 0.29) is 0 Å². The topological polar surface area (TPSA) is 46.5 Å². The van der Waals surface area contributed by atoms with Gasteiger partial charge in [-0.1, -0.05) is 26.2 Å². The second-order valence-corrected chi connectivity index (χ2v) is 5.77. The Morgan fingerprint density at radius 1 is 1.33 bits per heavy atom. The Bertz CT molecular complexity index is 237. The number of carbonyl (C=O) groups is 1. The zero-order chi connectivity index (χ0) is 13.4. The van der Waals surface area contributed by atoms with Gasteiger partial charge in [0, 0.05) is 13.7 Å². The molecule has 18 heavy (non-hydrogen) atoms. The van der Waals surface area contributed by atoms with Crippen LogP contribution in [0, 0.1) is 11.3 Å². The maximum atomic E-state index is 11.6. The number of unbranched alkanes of at least 4 members (excludes halogenated alkanes) is 1. The van der Waals surface area contributed by atoms with E-state index in [1.54, 1.807) is 7.11 Å². The molecule has 0 unspecified atom stereocenters. The molecule has 106 valence electrons. The van der Waals surface area contributed by atoms with E-state index in [0.29, 0.717) is 0 Å². The van der Waals surface area contributed by atoms with Crippen LogP contribution in [-0.2, 0) is 9.53 Å². The van der Waals surface area contributed by atoms with Crippen molar-refractivity contribution in [2.45, 2.75) is 64.7 Å². The molecule has 1 aliphatic carbocycles. The molecule has 1 saturated carbocycles. The van der Waals surface area contributed by atoms with Crippen molar-refractivity contribution in [1.82, 2.24) is 0 Å². The largest absolute Gasteiger partial charge is 0.481 e. The summed E-state index contributed by atoms with van der Waals surface area (Å²) in [7, 11) is 1.70. The first-order chi connectivity index (χ1) is 8.64. The number of carboxylic acids is 1. The van der Waals surface area contributed by atoms with Gasteiger partial charge in [0.15, 0.2) is 0 Å². The summed E-state index contributed by atoms with van der Waals surface area (Å²) in [6, 6.07) is 0. The van der Waals surface area contributed by atoms with Gasteiger partial charge in [-0.15, -0.1) is 0 Å². The minimum absolute atomic E-state index is 0.433. The summed E-state index contributed by atoms with van der Waals surface area (Å²) in [4.78, 5) is 11.6. The molecule has 0 aliphatic heterocycles. The van der Waals surface area contributed by atoms with Crippen LogP contribution in [0.1, 0.15) is 64.7 Å². The highest BCUT2D eigenvalue weighted by atomic mass is 16.5.